The Morgan fingerprint density at radius 3 is 3.07 bits per heavy atom. The van der Waals surface area contributed by atoms with E-state index in [2.05, 4.69) is 10.1 Å². The molecule has 0 fully saturated rings. The van der Waals surface area contributed by atoms with Crippen molar-refractivity contribution in [1.82, 2.24) is 14.8 Å². The fraction of sp³-hybridized carbons (Fsp3) is 0.333. The molecule has 2 rings (SSSR count). The normalized spacial score (nSPS) is 13.0. The van der Waals surface area contributed by atoms with Gasteiger partial charge in [0.2, 0.25) is 0 Å². The number of hydrogen-bond acceptors (Lipinski definition) is 4. The highest BCUT2D eigenvalue weighted by atomic mass is 32.1. The Labute approximate surface area is 86.4 Å². The number of nitrogens with two attached hydrogens (primary N) is 1. The number of thiazole rings is 1. The van der Waals surface area contributed by atoms with Gasteiger partial charge in [-0.2, -0.15) is 5.10 Å². The summed E-state index contributed by atoms with van der Waals surface area (Å²) in [6.07, 6.45) is 4.51. The average Bonchev–Trinajstić information content (AvgIpc) is 2.75. The molecule has 2 aromatic heterocycles. The molecular formula is C9H12N4S. The van der Waals surface area contributed by atoms with Crippen molar-refractivity contribution in [2.45, 2.75) is 12.5 Å². The summed E-state index contributed by atoms with van der Waals surface area (Å²) in [5, 5.41) is 4.28. The Hall–Kier alpha value is -1.20. The van der Waals surface area contributed by atoms with E-state index < -0.39 is 0 Å². The first kappa shape index (κ1) is 9.36. The van der Waals surface area contributed by atoms with Crippen molar-refractivity contribution < 1.29 is 0 Å². The van der Waals surface area contributed by atoms with Crippen LogP contribution < -0.4 is 5.73 Å². The Bertz CT molecular complexity index is 393. The van der Waals surface area contributed by atoms with Crippen molar-refractivity contribution in [3.63, 3.8) is 0 Å². The van der Waals surface area contributed by atoms with Crippen molar-refractivity contribution >= 4 is 11.3 Å². The maximum Gasteiger partial charge on any atom is 0.0794 e. The fourth-order valence-corrected chi connectivity index (χ4v) is 1.93. The van der Waals surface area contributed by atoms with E-state index in [9.17, 15) is 0 Å². The Balaban J connectivity index is 2.05. The van der Waals surface area contributed by atoms with Crippen LogP contribution in [0.2, 0.25) is 0 Å². The Morgan fingerprint density at radius 1 is 1.64 bits per heavy atom. The van der Waals surface area contributed by atoms with E-state index >= 15 is 0 Å². The fourth-order valence-electron chi connectivity index (χ4n) is 1.31. The van der Waals surface area contributed by atoms with E-state index in [0.717, 1.165) is 17.0 Å². The number of hydrogen-bond donors (Lipinski definition) is 1. The standard InChI is InChI=1S/C9H12N4S/c1-13-3-2-7(12-13)4-8(10)9-5-11-6-14-9/h2-3,5-6,8H,4,10H2,1H3. The van der Waals surface area contributed by atoms with Gasteiger partial charge in [0.25, 0.3) is 0 Å². The van der Waals surface area contributed by atoms with Crippen molar-refractivity contribution in [3.05, 3.63) is 34.5 Å². The molecule has 0 amide bonds. The summed E-state index contributed by atoms with van der Waals surface area (Å²) in [6.45, 7) is 0. The van der Waals surface area contributed by atoms with Crippen LogP contribution in [0.1, 0.15) is 16.6 Å². The third-order valence-electron chi connectivity index (χ3n) is 2.01. The molecule has 1 unspecified atom stereocenters. The molecule has 0 aliphatic rings. The molecule has 2 aromatic rings. The summed E-state index contributed by atoms with van der Waals surface area (Å²) >= 11 is 1.59. The first-order chi connectivity index (χ1) is 6.75. The van der Waals surface area contributed by atoms with Gasteiger partial charge in [0.15, 0.2) is 0 Å². The lowest BCUT2D eigenvalue weighted by Crippen LogP contribution is -2.12. The first-order valence-corrected chi connectivity index (χ1v) is 5.26. The molecule has 2 heterocycles. The Kier molecular flexibility index (Phi) is 2.60. The molecule has 0 aliphatic heterocycles. The summed E-state index contributed by atoms with van der Waals surface area (Å²) in [4.78, 5) is 5.11. The molecule has 74 valence electrons. The van der Waals surface area contributed by atoms with Gasteiger partial charge in [-0.05, 0) is 6.07 Å². The molecule has 0 aliphatic carbocycles. The smallest absolute Gasteiger partial charge is 0.0794 e. The second kappa shape index (κ2) is 3.89. The van der Waals surface area contributed by atoms with Crippen molar-refractivity contribution in [3.8, 4) is 0 Å². The zero-order chi connectivity index (χ0) is 9.97. The third kappa shape index (κ3) is 2.00. The second-order valence-electron chi connectivity index (χ2n) is 3.20. The van der Waals surface area contributed by atoms with Gasteiger partial charge in [-0.15, -0.1) is 11.3 Å². The highest BCUT2D eigenvalue weighted by Gasteiger charge is 2.09. The number of aryl methyl sites for hydroxylation is 1. The van der Waals surface area contributed by atoms with Crippen LogP contribution in [0.5, 0.6) is 0 Å². The maximum atomic E-state index is 6.00. The monoisotopic (exact) mass is 208 g/mol. The van der Waals surface area contributed by atoms with Gasteiger partial charge >= 0.3 is 0 Å². The van der Waals surface area contributed by atoms with Crippen LogP contribution in [0.25, 0.3) is 0 Å². The first-order valence-electron chi connectivity index (χ1n) is 4.38. The molecule has 5 heteroatoms. The van der Waals surface area contributed by atoms with E-state index in [0.29, 0.717) is 0 Å². The van der Waals surface area contributed by atoms with E-state index in [1.165, 1.54) is 0 Å². The van der Waals surface area contributed by atoms with Crippen LogP contribution in [0.4, 0.5) is 0 Å². The highest BCUT2D eigenvalue weighted by Crippen LogP contribution is 2.18. The maximum absolute atomic E-state index is 6.00. The largest absolute Gasteiger partial charge is 0.323 e. The SMILES string of the molecule is Cn1ccc(CC(N)c2cncs2)n1. The van der Waals surface area contributed by atoms with Crippen LogP contribution in [-0.2, 0) is 13.5 Å². The predicted octanol–water partition coefficient (Wildman–Crippen LogP) is 1.12. The van der Waals surface area contributed by atoms with E-state index in [-0.39, 0.29) is 6.04 Å². The summed E-state index contributed by atoms with van der Waals surface area (Å²) in [5.74, 6) is 0. The predicted molar refractivity (Wildman–Crippen MR) is 56.0 cm³/mol. The number of aromatic nitrogens is 3. The zero-order valence-corrected chi connectivity index (χ0v) is 8.74. The van der Waals surface area contributed by atoms with Crippen LogP contribution in [0.3, 0.4) is 0 Å². The van der Waals surface area contributed by atoms with Gasteiger partial charge in [0.1, 0.15) is 0 Å². The minimum absolute atomic E-state index is 0.0115. The van der Waals surface area contributed by atoms with Gasteiger partial charge in [-0.3, -0.25) is 9.67 Å². The van der Waals surface area contributed by atoms with Gasteiger partial charge < -0.3 is 5.73 Å². The van der Waals surface area contributed by atoms with Crippen LogP contribution >= 0.6 is 11.3 Å². The van der Waals surface area contributed by atoms with Crippen molar-refractivity contribution in [2.24, 2.45) is 12.8 Å². The van der Waals surface area contributed by atoms with E-state index in [1.807, 2.05) is 25.5 Å². The van der Waals surface area contributed by atoms with Gasteiger partial charge in [0.05, 0.1) is 11.2 Å². The summed E-state index contributed by atoms with van der Waals surface area (Å²) < 4.78 is 1.79. The lowest BCUT2D eigenvalue weighted by atomic mass is 10.1. The molecule has 4 nitrogen and oxygen atoms in total. The lowest BCUT2D eigenvalue weighted by Gasteiger charge is -2.05. The molecule has 0 spiro atoms. The van der Waals surface area contributed by atoms with Crippen molar-refractivity contribution in [2.75, 3.05) is 0 Å². The molecule has 14 heavy (non-hydrogen) atoms. The summed E-state index contributed by atoms with van der Waals surface area (Å²) in [7, 11) is 1.90. The summed E-state index contributed by atoms with van der Waals surface area (Å²) in [5.41, 5.74) is 8.82. The average molecular weight is 208 g/mol. The van der Waals surface area contributed by atoms with Gasteiger partial charge in [-0.25, -0.2) is 0 Å². The number of nitrogens with zero attached hydrogens (tertiary/aromatic N) is 3. The molecule has 0 aromatic carbocycles. The molecule has 0 bridgehead atoms. The van der Waals surface area contributed by atoms with Crippen LogP contribution in [0, 0.1) is 0 Å². The number of rotatable bonds is 3. The van der Waals surface area contributed by atoms with E-state index in [1.54, 1.807) is 21.5 Å². The topological polar surface area (TPSA) is 56.7 Å². The molecular weight excluding hydrogens is 196 g/mol. The summed E-state index contributed by atoms with van der Waals surface area (Å²) in [6, 6.07) is 2.00. The lowest BCUT2D eigenvalue weighted by molar-refractivity contribution is 0.682. The van der Waals surface area contributed by atoms with Crippen molar-refractivity contribution in [1.29, 1.82) is 0 Å². The van der Waals surface area contributed by atoms with Crippen LogP contribution in [0.15, 0.2) is 24.0 Å². The molecule has 1 atom stereocenters. The molecule has 2 N–H and O–H groups in total. The van der Waals surface area contributed by atoms with Crippen LogP contribution in [-0.4, -0.2) is 14.8 Å². The molecule has 0 radical (unpaired) electrons. The Morgan fingerprint density at radius 2 is 2.50 bits per heavy atom. The highest BCUT2D eigenvalue weighted by molar-refractivity contribution is 7.09. The minimum atomic E-state index is 0.0115. The molecule has 0 saturated carbocycles. The molecule has 0 saturated heterocycles. The minimum Gasteiger partial charge on any atom is -0.323 e. The quantitative estimate of drug-likeness (QED) is 0.822. The van der Waals surface area contributed by atoms with E-state index in [4.69, 9.17) is 5.73 Å². The third-order valence-corrected chi connectivity index (χ3v) is 2.92. The second-order valence-corrected chi connectivity index (χ2v) is 4.11. The van der Waals surface area contributed by atoms with Gasteiger partial charge in [-0.1, -0.05) is 0 Å². The zero-order valence-electron chi connectivity index (χ0n) is 7.92. The van der Waals surface area contributed by atoms with Gasteiger partial charge in [0, 0.05) is 36.8 Å².